The molecule has 1 rings (SSSR count). The topological polar surface area (TPSA) is 90.2 Å². The van der Waals surface area contributed by atoms with Gasteiger partial charge in [-0.1, -0.05) is 24.0 Å². The van der Waals surface area contributed by atoms with E-state index < -0.39 is 21.8 Å². The minimum Gasteiger partial charge on any atom is -0.395 e. The van der Waals surface area contributed by atoms with Crippen LogP contribution in [-0.4, -0.2) is 25.9 Å². The molecule has 0 amide bonds. The van der Waals surface area contributed by atoms with E-state index in [4.69, 9.17) is 10.4 Å². The van der Waals surface area contributed by atoms with Crippen LogP contribution in [0.4, 0.5) is 0 Å². The summed E-state index contributed by atoms with van der Waals surface area (Å²) in [7, 11) is -3.59. The molecule has 0 aromatic heterocycles. The first-order valence-corrected chi connectivity index (χ1v) is 7.70. The Labute approximate surface area is 119 Å². The summed E-state index contributed by atoms with van der Waals surface area (Å²) in [4.78, 5) is 0. The van der Waals surface area contributed by atoms with E-state index in [9.17, 15) is 8.42 Å². The van der Waals surface area contributed by atoms with E-state index in [1.807, 2.05) is 6.07 Å². The molecule has 1 aromatic rings. The molecule has 0 fully saturated rings. The third kappa shape index (κ3) is 5.41. The highest BCUT2D eigenvalue weighted by molar-refractivity contribution is 7.89. The molecule has 1 unspecified atom stereocenters. The molecule has 2 N–H and O–H groups in total. The smallest absolute Gasteiger partial charge is 0.225 e. The number of aliphatic hydroxyl groups is 1. The highest BCUT2D eigenvalue weighted by Gasteiger charge is 2.15. The third-order valence-corrected chi connectivity index (χ3v) is 3.69. The first kappa shape index (κ1) is 16.2. The van der Waals surface area contributed by atoms with E-state index in [1.165, 1.54) is 0 Å². The number of hydrogen-bond donors (Lipinski definition) is 2. The van der Waals surface area contributed by atoms with E-state index in [0.29, 0.717) is 6.42 Å². The highest BCUT2D eigenvalue weighted by atomic mass is 32.2. The standard InChI is InChI=1S/C14H16N2O3S/c1-12(16-20(18,19)10-8-15)14-7-4-6-13(11-14)5-2-3-9-17/h4,6-7,11-12,16-17H,3,9-10H2,1H3. The van der Waals surface area contributed by atoms with Crippen molar-refractivity contribution in [2.45, 2.75) is 19.4 Å². The van der Waals surface area contributed by atoms with Gasteiger partial charge in [0.1, 0.15) is 0 Å². The highest BCUT2D eigenvalue weighted by Crippen LogP contribution is 2.14. The van der Waals surface area contributed by atoms with Gasteiger partial charge in [0.25, 0.3) is 0 Å². The van der Waals surface area contributed by atoms with Crippen LogP contribution < -0.4 is 4.72 Å². The van der Waals surface area contributed by atoms with Crippen molar-refractivity contribution in [3.8, 4) is 17.9 Å². The molecule has 106 valence electrons. The molecule has 0 saturated carbocycles. The molecule has 0 radical (unpaired) electrons. The van der Waals surface area contributed by atoms with Crippen molar-refractivity contribution < 1.29 is 13.5 Å². The van der Waals surface area contributed by atoms with Crippen molar-refractivity contribution in [3.05, 3.63) is 35.4 Å². The van der Waals surface area contributed by atoms with E-state index in [-0.39, 0.29) is 6.61 Å². The lowest BCUT2D eigenvalue weighted by atomic mass is 10.1. The molecule has 1 aromatic carbocycles. The van der Waals surface area contributed by atoms with Crippen LogP contribution in [0.15, 0.2) is 24.3 Å². The number of nitriles is 1. The Hall–Kier alpha value is -1.86. The predicted molar refractivity (Wildman–Crippen MR) is 76.0 cm³/mol. The third-order valence-electron chi connectivity index (χ3n) is 2.47. The van der Waals surface area contributed by atoms with Gasteiger partial charge in [0.05, 0.1) is 12.7 Å². The maximum Gasteiger partial charge on any atom is 0.225 e. The maximum atomic E-state index is 11.5. The Kier molecular flexibility index (Phi) is 6.20. The second kappa shape index (κ2) is 7.66. The summed E-state index contributed by atoms with van der Waals surface area (Å²) < 4.78 is 25.5. The van der Waals surface area contributed by atoms with Crippen LogP contribution in [0.5, 0.6) is 0 Å². The zero-order valence-electron chi connectivity index (χ0n) is 11.1. The molecule has 1 atom stereocenters. The summed E-state index contributed by atoms with van der Waals surface area (Å²) in [5.74, 6) is 5.13. The van der Waals surface area contributed by atoms with Crippen LogP contribution in [0.3, 0.4) is 0 Å². The Morgan fingerprint density at radius 2 is 2.20 bits per heavy atom. The zero-order chi connectivity index (χ0) is 15.0. The summed E-state index contributed by atoms with van der Waals surface area (Å²) in [6, 6.07) is 8.34. The van der Waals surface area contributed by atoms with Gasteiger partial charge in [-0.15, -0.1) is 0 Å². The first-order valence-electron chi connectivity index (χ1n) is 6.05. The van der Waals surface area contributed by atoms with Crippen molar-refractivity contribution in [2.75, 3.05) is 12.4 Å². The summed E-state index contributed by atoms with van der Waals surface area (Å²) in [5.41, 5.74) is 1.52. The van der Waals surface area contributed by atoms with Gasteiger partial charge in [0.2, 0.25) is 10.0 Å². The molecule has 20 heavy (non-hydrogen) atoms. The van der Waals surface area contributed by atoms with Crippen molar-refractivity contribution in [1.29, 1.82) is 5.26 Å². The van der Waals surface area contributed by atoms with Gasteiger partial charge in [0.15, 0.2) is 5.75 Å². The number of benzene rings is 1. The summed E-state index contributed by atoms with van der Waals surface area (Å²) in [5, 5.41) is 17.1. The summed E-state index contributed by atoms with van der Waals surface area (Å²) >= 11 is 0. The predicted octanol–water partition coefficient (Wildman–Crippen LogP) is 0.924. The zero-order valence-corrected chi connectivity index (χ0v) is 11.9. The molecule has 0 saturated heterocycles. The van der Waals surface area contributed by atoms with Gasteiger partial charge in [-0.05, 0) is 24.6 Å². The average Bonchev–Trinajstić information content (AvgIpc) is 2.38. The van der Waals surface area contributed by atoms with E-state index in [1.54, 1.807) is 31.2 Å². The maximum absolute atomic E-state index is 11.5. The summed E-state index contributed by atoms with van der Waals surface area (Å²) in [6.45, 7) is 1.71. The SMILES string of the molecule is CC(NS(=O)(=O)CC#N)c1cccc(C#CCCO)c1. The fraction of sp³-hybridized carbons (Fsp3) is 0.357. The Bertz CT molecular complexity index is 651. The number of nitrogens with zero attached hydrogens (tertiary/aromatic N) is 1. The van der Waals surface area contributed by atoms with Crippen LogP contribution >= 0.6 is 0 Å². The fourth-order valence-electron chi connectivity index (χ4n) is 1.57. The van der Waals surface area contributed by atoms with Gasteiger partial charge in [0, 0.05) is 18.0 Å². The van der Waals surface area contributed by atoms with Crippen LogP contribution in [-0.2, 0) is 10.0 Å². The molecule has 0 heterocycles. The van der Waals surface area contributed by atoms with Gasteiger partial charge in [-0.2, -0.15) is 5.26 Å². The van der Waals surface area contributed by atoms with Crippen LogP contribution in [0.1, 0.15) is 30.5 Å². The van der Waals surface area contributed by atoms with Gasteiger partial charge in [-0.25, -0.2) is 13.1 Å². The minimum absolute atomic E-state index is 0.0110. The average molecular weight is 292 g/mol. The second-order valence-corrected chi connectivity index (χ2v) is 5.91. The van der Waals surface area contributed by atoms with Crippen LogP contribution in [0.25, 0.3) is 0 Å². The monoisotopic (exact) mass is 292 g/mol. The molecular weight excluding hydrogens is 276 g/mol. The quantitative estimate of drug-likeness (QED) is 0.790. The lowest BCUT2D eigenvalue weighted by Gasteiger charge is -2.13. The molecule has 0 aliphatic rings. The number of sulfonamides is 1. The molecule has 0 aliphatic carbocycles. The largest absolute Gasteiger partial charge is 0.395 e. The Morgan fingerprint density at radius 1 is 1.45 bits per heavy atom. The number of rotatable bonds is 5. The number of hydrogen-bond acceptors (Lipinski definition) is 4. The van der Waals surface area contributed by atoms with Crippen molar-refractivity contribution in [3.63, 3.8) is 0 Å². The molecular formula is C14H16N2O3S. The van der Waals surface area contributed by atoms with Crippen molar-refractivity contribution in [1.82, 2.24) is 4.72 Å². The first-order chi connectivity index (χ1) is 9.48. The molecule has 0 spiro atoms. The van der Waals surface area contributed by atoms with Gasteiger partial charge >= 0.3 is 0 Å². The van der Waals surface area contributed by atoms with Crippen LogP contribution in [0.2, 0.25) is 0 Å². The minimum atomic E-state index is -3.59. The fourth-order valence-corrected chi connectivity index (χ4v) is 2.50. The second-order valence-electron chi connectivity index (χ2n) is 4.16. The normalized spacial score (nSPS) is 12.1. The van der Waals surface area contributed by atoms with E-state index >= 15 is 0 Å². The molecule has 0 bridgehead atoms. The van der Waals surface area contributed by atoms with Crippen molar-refractivity contribution >= 4 is 10.0 Å². The Balaban J connectivity index is 2.85. The van der Waals surface area contributed by atoms with Gasteiger partial charge in [-0.3, -0.25) is 0 Å². The Morgan fingerprint density at radius 3 is 2.85 bits per heavy atom. The molecule has 6 heteroatoms. The summed E-state index contributed by atoms with van der Waals surface area (Å²) in [6.07, 6.45) is 0.397. The lowest BCUT2D eigenvalue weighted by molar-refractivity contribution is 0.305. The van der Waals surface area contributed by atoms with E-state index in [2.05, 4.69) is 16.6 Å². The van der Waals surface area contributed by atoms with E-state index in [0.717, 1.165) is 11.1 Å². The van der Waals surface area contributed by atoms with Crippen LogP contribution in [0, 0.1) is 23.2 Å². The van der Waals surface area contributed by atoms with Crippen molar-refractivity contribution in [2.24, 2.45) is 0 Å². The molecule has 0 aliphatic heterocycles. The van der Waals surface area contributed by atoms with Gasteiger partial charge < -0.3 is 5.11 Å². The number of nitrogens with one attached hydrogen (secondary N) is 1. The molecule has 5 nitrogen and oxygen atoms in total. The number of aliphatic hydroxyl groups excluding tert-OH is 1. The lowest BCUT2D eigenvalue weighted by Crippen LogP contribution is -2.28.